The lowest BCUT2D eigenvalue weighted by atomic mass is 10.3. The molecule has 1 amide bonds. The van der Waals surface area contributed by atoms with Gasteiger partial charge in [0.2, 0.25) is 0 Å². The summed E-state index contributed by atoms with van der Waals surface area (Å²) in [5.74, 6) is -0.372. The number of nitrogens with one attached hydrogen (secondary N) is 2. The normalized spacial score (nSPS) is 11.0. The van der Waals surface area contributed by atoms with Gasteiger partial charge in [-0.05, 0) is 37.3 Å². The zero-order valence-electron chi connectivity index (χ0n) is 11.8. The number of nitrogens with zero attached hydrogens (tertiary/aromatic N) is 3. The Balaban J connectivity index is 1.66. The molecule has 0 spiro atoms. The molecule has 2 N–H and O–H groups in total. The number of amides is 1. The van der Waals surface area contributed by atoms with Crippen LogP contribution in [0.3, 0.4) is 0 Å². The molecule has 0 atom stereocenters. The van der Waals surface area contributed by atoms with Crippen LogP contribution in [0.25, 0.3) is 10.6 Å². The number of thiophene rings is 1. The highest BCUT2D eigenvalue weighted by atomic mass is 32.1. The Kier molecular flexibility index (Phi) is 4.06. The maximum Gasteiger partial charge on any atom is 0.291 e. The van der Waals surface area contributed by atoms with Gasteiger partial charge in [0.05, 0.1) is 22.5 Å². The van der Waals surface area contributed by atoms with Gasteiger partial charge in [0, 0.05) is 11.1 Å². The summed E-state index contributed by atoms with van der Waals surface area (Å²) in [6, 6.07) is 11.2. The summed E-state index contributed by atoms with van der Waals surface area (Å²) in [7, 11) is 0. The summed E-state index contributed by atoms with van der Waals surface area (Å²) in [6.45, 7) is 2.03. The Hall–Kier alpha value is -2.80. The summed E-state index contributed by atoms with van der Waals surface area (Å²) >= 11 is 1.64. The Bertz CT molecular complexity index is 806. The average molecular weight is 311 g/mol. The Morgan fingerprint density at radius 2 is 2.27 bits per heavy atom. The maximum atomic E-state index is 12.0. The molecule has 0 aromatic carbocycles. The number of hydrazone groups is 1. The Morgan fingerprint density at radius 1 is 1.36 bits per heavy atom. The summed E-state index contributed by atoms with van der Waals surface area (Å²) in [5, 5.41) is 10.7. The Labute approximate surface area is 130 Å². The van der Waals surface area contributed by atoms with Crippen LogP contribution in [0.2, 0.25) is 0 Å². The third-order valence-electron chi connectivity index (χ3n) is 2.87. The SMILES string of the molecule is Cc1ccc(-c2cc(C(=O)N/N=C\c3ccccn3)n[nH]2)s1. The highest BCUT2D eigenvalue weighted by molar-refractivity contribution is 7.15. The standard InChI is InChI=1S/C15H13N5OS/c1-10-5-6-14(22-10)12-8-13(19-18-12)15(21)20-17-9-11-4-2-3-7-16-11/h2-9H,1H3,(H,18,19)(H,20,21)/b17-9-. The summed E-state index contributed by atoms with van der Waals surface area (Å²) in [5.41, 5.74) is 4.20. The van der Waals surface area contributed by atoms with Gasteiger partial charge in [-0.15, -0.1) is 11.3 Å². The molecule has 0 bridgehead atoms. The number of hydrogen-bond donors (Lipinski definition) is 2. The average Bonchev–Trinajstić information content (AvgIpc) is 3.17. The molecule has 6 nitrogen and oxygen atoms in total. The second-order valence-electron chi connectivity index (χ2n) is 4.53. The van der Waals surface area contributed by atoms with E-state index in [0.29, 0.717) is 11.4 Å². The molecule has 0 radical (unpaired) electrons. The lowest BCUT2D eigenvalue weighted by Gasteiger charge is -1.94. The second kappa shape index (κ2) is 6.31. The highest BCUT2D eigenvalue weighted by Crippen LogP contribution is 2.26. The molecule has 22 heavy (non-hydrogen) atoms. The minimum atomic E-state index is -0.372. The lowest BCUT2D eigenvalue weighted by Crippen LogP contribution is -2.18. The van der Waals surface area contributed by atoms with Crippen molar-refractivity contribution in [2.75, 3.05) is 0 Å². The number of hydrogen-bond acceptors (Lipinski definition) is 5. The van der Waals surface area contributed by atoms with Crippen LogP contribution >= 0.6 is 11.3 Å². The molecule has 110 valence electrons. The largest absolute Gasteiger partial charge is 0.291 e. The smallest absolute Gasteiger partial charge is 0.276 e. The number of carbonyl (C=O) groups excluding carboxylic acids is 1. The summed E-state index contributed by atoms with van der Waals surface area (Å²) in [6.07, 6.45) is 3.14. The highest BCUT2D eigenvalue weighted by Gasteiger charge is 2.11. The van der Waals surface area contributed by atoms with Crippen LogP contribution in [0.15, 0.2) is 47.7 Å². The number of carbonyl (C=O) groups is 1. The number of aromatic amines is 1. The van der Waals surface area contributed by atoms with E-state index in [9.17, 15) is 4.79 Å². The number of H-pyrrole nitrogens is 1. The fourth-order valence-electron chi connectivity index (χ4n) is 1.81. The molecule has 3 aromatic heterocycles. The second-order valence-corrected chi connectivity index (χ2v) is 5.82. The number of aryl methyl sites for hydroxylation is 1. The van der Waals surface area contributed by atoms with Crippen LogP contribution in [0, 0.1) is 6.92 Å². The molecule has 0 aliphatic heterocycles. The zero-order valence-corrected chi connectivity index (χ0v) is 12.6. The predicted octanol–water partition coefficient (Wildman–Crippen LogP) is 2.61. The van der Waals surface area contributed by atoms with Crippen molar-refractivity contribution in [1.82, 2.24) is 20.6 Å². The van der Waals surface area contributed by atoms with Crippen molar-refractivity contribution in [2.45, 2.75) is 6.92 Å². The van der Waals surface area contributed by atoms with Gasteiger partial charge >= 0.3 is 0 Å². The van der Waals surface area contributed by atoms with E-state index in [4.69, 9.17) is 0 Å². The van der Waals surface area contributed by atoms with E-state index in [2.05, 4.69) is 25.7 Å². The molecule has 0 aliphatic rings. The maximum absolute atomic E-state index is 12.0. The molecule has 0 saturated carbocycles. The number of pyridine rings is 1. The van der Waals surface area contributed by atoms with Gasteiger partial charge in [0.1, 0.15) is 0 Å². The van der Waals surface area contributed by atoms with Crippen molar-refractivity contribution in [1.29, 1.82) is 0 Å². The molecule has 3 heterocycles. The van der Waals surface area contributed by atoms with E-state index < -0.39 is 0 Å². The molecule has 0 saturated heterocycles. The molecular formula is C15H13N5OS. The topological polar surface area (TPSA) is 83.0 Å². The summed E-state index contributed by atoms with van der Waals surface area (Å²) < 4.78 is 0. The number of rotatable bonds is 4. The molecule has 7 heteroatoms. The van der Waals surface area contributed by atoms with Crippen LogP contribution in [-0.4, -0.2) is 27.3 Å². The van der Waals surface area contributed by atoms with Gasteiger partial charge in [0.15, 0.2) is 5.69 Å². The molecule has 3 rings (SSSR count). The summed E-state index contributed by atoms with van der Waals surface area (Å²) in [4.78, 5) is 18.3. The van der Waals surface area contributed by atoms with Crippen molar-refractivity contribution in [3.63, 3.8) is 0 Å². The molecule has 3 aromatic rings. The fourth-order valence-corrected chi connectivity index (χ4v) is 2.64. The van der Waals surface area contributed by atoms with E-state index >= 15 is 0 Å². The quantitative estimate of drug-likeness (QED) is 0.574. The third-order valence-corrected chi connectivity index (χ3v) is 3.90. The van der Waals surface area contributed by atoms with E-state index in [0.717, 1.165) is 10.6 Å². The number of aromatic nitrogens is 3. The van der Waals surface area contributed by atoms with Crippen molar-refractivity contribution in [3.8, 4) is 10.6 Å². The van der Waals surface area contributed by atoms with Crippen molar-refractivity contribution >= 4 is 23.5 Å². The van der Waals surface area contributed by atoms with Gasteiger partial charge in [0.25, 0.3) is 5.91 Å². The van der Waals surface area contributed by atoms with Gasteiger partial charge in [-0.25, -0.2) is 5.43 Å². The van der Waals surface area contributed by atoms with E-state index in [1.54, 1.807) is 29.7 Å². The third kappa shape index (κ3) is 3.26. The van der Waals surface area contributed by atoms with Gasteiger partial charge in [-0.1, -0.05) is 6.07 Å². The van der Waals surface area contributed by atoms with Gasteiger partial charge in [-0.2, -0.15) is 10.2 Å². The van der Waals surface area contributed by atoms with Crippen LogP contribution in [0.4, 0.5) is 0 Å². The molecule has 0 fully saturated rings. The van der Waals surface area contributed by atoms with E-state index in [-0.39, 0.29) is 5.91 Å². The minimum Gasteiger partial charge on any atom is -0.276 e. The van der Waals surface area contributed by atoms with Gasteiger partial charge in [-0.3, -0.25) is 14.9 Å². The van der Waals surface area contributed by atoms with E-state index in [1.807, 2.05) is 31.2 Å². The van der Waals surface area contributed by atoms with Crippen LogP contribution in [0.1, 0.15) is 21.1 Å². The first kappa shape index (κ1) is 14.2. The first-order chi connectivity index (χ1) is 10.7. The van der Waals surface area contributed by atoms with Crippen molar-refractivity contribution < 1.29 is 4.79 Å². The van der Waals surface area contributed by atoms with Crippen LogP contribution < -0.4 is 5.43 Å². The fraction of sp³-hybridized carbons (Fsp3) is 0.0667. The van der Waals surface area contributed by atoms with Gasteiger partial charge < -0.3 is 0 Å². The van der Waals surface area contributed by atoms with Crippen LogP contribution in [0.5, 0.6) is 0 Å². The van der Waals surface area contributed by atoms with Crippen molar-refractivity contribution in [3.05, 3.63) is 58.9 Å². The molecule has 0 unspecified atom stereocenters. The zero-order chi connectivity index (χ0) is 15.4. The monoisotopic (exact) mass is 311 g/mol. The molecule has 0 aliphatic carbocycles. The predicted molar refractivity (Wildman–Crippen MR) is 85.9 cm³/mol. The first-order valence-electron chi connectivity index (χ1n) is 6.59. The minimum absolute atomic E-state index is 0.291. The lowest BCUT2D eigenvalue weighted by molar-refractivity contribution is 0.0950. The van der Waals surface area contributed by atoms with Crippen molar-refractivity contribution in [2.24, 2.45) is 5.10 Å². The molecular weight excluding hydrogens is 298 g/mol. The van der Waals surface area contributed by atoms with Crippen LogP contribution in [-0.2, 0) is 0 Å². The van der Waals surface area contributed by atoms with E-state index in [1.165, 1.54) is 11.1 Å². The Morgan fingerprint density at radius 3 is 3.00 bits per heavy atom. The first-order valence-corrected chi connectivity index (χ1v) is 7.41.